The number of aromatic nitrogens is 6. The molecule has 1 N–H and O–H groups in total. The first kappa shape index (κ1) is 25.4. The van der Waals surface area contributed by atoms with Crippen LogP contribution in [0, 0.1) is 5.82 Å². The van der Waals surface area contributed by atoms with E-state index in [1.54, 1.807) is 18.2 Å². The van der Waals surface area contributed by atoms with Gasteiger partial charge in [-0.25, -0.2) is 32.5 Å². The van der Waals surface area contributed by atoms with Crippen LogP contribution in [-0.4, -0.2) is 65.4 Å². The van der Waals surface area contributed by atoms with Gasteiger partial charge in [-0.15, -0.1) is 10.2 Å². The smallest absolute Gasteiger partial charge is 0.303 e. The molecule has 0 unspecified atom stereocenters. The number of hydrogen-bond donors (Lipinski definition) is 1. The maximum absolute atomic E-state index is 14.0. The molecule has 0 radical (unpaired) electrons. The van der Waals surface area contributed by atoms with Gasteiger partial charge in [-0.2, -0.15) is 0 Å². The van der Waals surface area contributed by atoms with Crippen LogP contribution in [0.1, 0.15) is 16.4 Å². The van der Waals surface area contributed by atoms with Crippen LogP contribution in [0.15, 0.2) is 48.8 Å². The number of halogens is 1. The maximum atomic E-state index is 14.0. The first-order chi connectivity index (χ1) is 17.8. The van der Waals surface area contributed by atoms with Crippen LogP contribution in [0.4, 0.5) is 4.39 Å². The number of para-hydroxylation sites is 1. The Morgan fingerprint density at radius 1 is 0.973 bits per heavy atom. The second kappa shape index (κ2) is 10.5. The van der Waals surface area contributed by atoms with Gasteiger partial charge in [0, 0.05) is 12.4 Å². The summed E-state index contributed by atoms with van der Waals surface area (Å²) in [6.07, 6.45) is 2.75. The second-order valence-corrected chi connectivity index (χ2v) is 8.96. The number of pyridine rings is 1. The summed E-state index contributed by atoms with van der Waals surface area (Å²) < 4.78 is 58.4. The summed E-state index contributed by atoms with van der Waals surface area (Å²) in [5.74, 6) is -2.84. The Balaban J connectivity index is 1.86. The largest absolute Gasteiger partial charge is 0.494 e. The molecule has 0 bridgehead atoms. The van der Waals surface area contributed by atoms with Gasteiger partial charge in [-0.05, 0) is 30.3 Å². The van der Waals surface area contributed by atoms with E-state index < -0.39 is 33.3 Å². The molecular weight excluding hydrogens is 509 g/mol. The molecule has 192 valence electrons. The van der Waals surface area contributed by atoms with Crippen LogP contribution < -0.4 is 18.9 Å². The number of nitrogens with zero attached hydrogens (tertiary/aromatic N) is 6. The van der Waals surface area contributed by atoms with E-state index in [-0.39, 0.29) is 40.4 Å². The lowest BCUT2D eigenvalue weighted by Crippen LogP contribution is -2.34. The molecule has 3 heterocycles. The van der Waals surface area contributed by atoms with Crippen molar-refractivity contribution in [1.29, 1.82) is 0 Å². The Hall–Kier alpha value is -4.66. The minimum Gasteiger partial charge on any atom is -0.494 e. The molecule has 0 aliphatic carbocycles. The molecule has 0 fully saturated rings. The SMILES string of the molecule is COc1cccc(OC)c1-n1c(C(=O)NS(=O)(=O)Cc2ncccn2)nnc1-c1ccc(F)c(OC)n1. The molecular formula is C22H20FN7O6S. The quantitative estimate of drug-likeness (QED) is 0.335. The van der Waals surface area contributed by atoms with E-state index >= 15 is 0 Å². The summed E-state index contributed by atoms with van der Waals surface area (Å²) in [4.78, 5) is 25.0. The van der Waals surface area contributed by atoms with Crippen molar-refractivity contribution >= 4 is 15.9 Å². The minimum atomic E-state index is -4.24. The Kier molecular flexibility index (Phi) is 7.24. The van der Waals surface area contributed by atoms with Crippen molar-refractivity contribution in [3.63, 3.8) is 0 Å². The fourth-order valence-electron chi connectivity index (χ4n) is 3.35. The Bertz CT molecular complexity index is 1520. The highest BCUT2D eigenvalue weighted by atomic mass is 32.2. The van der Waals surface area contributed by atoms with Crippen molar-refractivity contribution in [1.82, 2.24) is 34.4 Å². The second-order valence-electron chi connectivity index (χ2n) is 7.24. The van der Waals surface area contributed by atoms with Gasteiger partial charge >= 0.3 is 5.91 Å². The van der Waals surface area contributed by atoms with Crippen LogP contribution in [0.25, 0.3) is 17.2 Å². The van der Waals surface area contributed by atoms with Crippen LogP contribution in [-0.2, 0) is 15.8 Å². The Morgan fingerprint density at radius 3 is 2.27 bits per heavy atom. The van der Waals surface area contributed by atoms with Crippen molar-refractivity contribution in [2.45, 2.75) is 5.75 Å². The van der Waals surface area contributed by atoms with Crippen molar-refractivity contribution in [3.8, 4) is 34.6 Å². The fourth-order valence-corrected chi connectivity index (χ4v) is 4.28. The average molecular weight is 530 g/mol. The van der Waals surface area contributed by atoms with Crippen LogP contribution in [0.5, 0.6) is 17.4 Å². The van der Waals surface area contributed by atoms with Crippen LogP contribution in [0.2, 0.25) is 0 Å². The van der Waals surface area contributed by atoms with Gasteiger partial charge in [-0.1, -0.05) is 6.07 Å². The van der Waals surface area contributed by atoms with E-state index in [4.69, 9.17) is 14.2 Å². The molecule has 0 spiro atoms. The average Bonchev–Trinajstić information content (AvgIpc) is 3.33. The third-order valence-corrected chi connectivity index (χ3v) is 6.05. The first-order valence-corrected chi connectivity index (χ1v) is 12.1. The molecule has 0 saturated carbocycles. The number of rotatable bonds is 9. The summed E-state index contributed by atoms with van der Waals surface area (Å²) in [7, 11) is -0.209. The highest BCUT2D eigenvalue weighted by Crippen LogP contribution is 2.36. The number of benzene rings is 1. The van der Waals surface area contributed by atoms with Crippen molar-refractivity contribution < 1.29 is 31.8 Å². The number of amides is 1. The Morgan fingerprint density at radius 2 is 1.65 bits per heavy atom. The predicted molar refractivity (Wildman–Crippen MR) is 126 cm³/mol. The van der Waals surface area contributed by atoms with Crippen LogP contribution >= 0.6 is 0 Å². The molecule has 0 saturated heterocycles. The third kappa shape index (κ3) is 5.30. The number of carbonyl (C=O) groups is 1. The molecule has 1 aromatic carbocycles. The number of sulfonamides is 1. The normalized spacial score (nSPS) is 11.1. The predicted octanol–water partition coefficient (Wildman–Crippen LogP) is 1.54. The lowest BCUT2D eigenvalue weighted by Gasteiger charge is -2.17. The zero-order chi connectivity index (χ0) is 26.6. The zero-order valence-electron chi connectivity index (χ0n) is 19.7. The first-order valence-electron chi connectivity index (χ1n) is 10.5. The van der Waals surface area contributed by atoms with Crippen molar-refractivity contribution in [2.24, 2.45) is 0 Å². The monoisotopic (exact) mass is 529 g/mol. The van der Waals surface area contributed by atoms with Gasteiger partial charge < -0.3 is 14.2 Å². The summed E-state index contributed by atoms with van der Waals surface area (Å²) in [6.45, 7) is 0. The highest BCUT2D eigenvalue weighted by molar-refractivity contribution is 7.89. The van der Waals surface area contributed by atoms with E-state index in [1.807, 2.05) is 4.72 Å². The summed E-state index contributed by atoms with van der Waals surface area (Å²) in [5.41, 5.74) is 0.241. The van der Waals surface area contributed by atoms with E-state index in [0.717, 1.165) is 6.07 Å². The number of methoxy groups -OCH3 is 3. The Labute approximate surface area is 210 Å². The van der Waals surface area contributed by atoms with E-state index in [1.165, 1.54) is 50.4 Å². The molecule has 0 aliphatic heterocycles. The number of carbonyl (C=O) groups excluding carboxylic acids is 1. The van der Waals surface area contributed by atoms with E-state index in [9.17, 15) is 17.6 Å². The standard InChI is InChI=1S/C22H20FN7O6S/c1-34-15-6-4-7-16(35-2)18(15)30-19(14-9-8-13(23)22(26-14)36-3)27-28-20(30)21(31)29-37(32,33)12-17-24-10-5-11-25-17/h4-11H,12H2,1-3H3,(H,29,31). The van der Waals surface area contributed by atoms with Gasteiger partial charge in [0.25, 0.3) is 5.88 Å². The van der Waals surface area contributed by atoms with Gasteiger partial charge in [0.05, 0.1) is 21.3 Å². The van der Waals surface area contributed by atoms with E-state index in [0.29, 0.717) is 0 Å². The highest BCUT2D eigenvalue weighted by Gasteiger charge is 2.29. The van der Waals surface area contributed by atoms with Crippen LogP contribution in [0.3, 0.4) is 0 Å². The molecule has 1 amide bonds. The summed E-state index contributed by atoms with van der Waals surface area (Å²) >= 11 is 0. The maximum Gasteiger partial charge on any atom is 0.303 e. The lowest BCUT2D eigenvalue weighted by atomic mass is 10.2. The molecule has 4 aromatic rings. The van der Waals surface area contributed by atoms with Gasteiger partial charge in [0.15, 0.2) is 11.6 Å². The molecule has 37 heavy (non-hydrogen) atoms. The summed E-state index contributed by atoms with van der Waals surface area (Å²) in [5, 5.41) is 7.94. The molecule has 0 aliphatic rings. The molecule has 4 rings (SSSR count). The number of hydrogen-bond acceptors (Lipinski definition) is 11. The lowest BCUT2D eigenvalue weighted by molar-refractivity contribution is 0.0969. The fraction of sp³-hybridized carbons (Fsp3) is 0.182. The number of nitrogens with one attached hydrogen (secondary N) is 1. The molecule has 13 nitrogen and oxygen atoms in total. The topological polar surface area (TPSA) is 160 Å². The minimum absolute atomic E-state index is 0.0149. The zero-order valence-corrected chi connectivity index (χ0v) is 20.6. The van der Waals surface area contributed by atoms with Gasteiger partial charge in [0.1, 0.15) is 34.5 Å². The number of ether oxygens (including phenoxy) is 3. The van der Waals surface area contributed by atoms with E-state index in [2.05, 4.69) is 25.1 Å². The molecule has 3 aromatic heterocycles. The molecule has 0 atom stereocenters. The van der Waals surface area contributed by atoms with Crippen molar-refractivity contribution in [3.05, 3.63) is 66.3 Å². The van der Waals surface area contributed by atoms with Gasteiger partial charge in [-0.3, -0.25) is 9.36 Å². The summed E-state index contributed by atoms with van der Waals surface area (Å²) in [6, 6.07) is 8.75. The molecule has 15 heteroatoms. The third-order valence-electron chi connectivity index (χ3n) is 4.91. The van der Waals surface area contributed by atoms with Gasteiger partial charge in [0.2, 0.25) is 15.8 Å². The van der Waals surface area contributed by atoms with Crippen molar-refractivity contribution in [2.75, 3.05) is 21.3 Å².